The van der Waals surface area contributed by atoms with Crippen LogP contribution < -0.4 is 16.2 Å². The normalized spacial score (nSPS) is 20.5. The molecule has 0 bridgehead atoms. The molecule has 3 aromatic heterocycles. The molecule has 0 aliphatic carbocycles. The molecule has 3 aromatic rings. The Morgan fingerprint density at radius 1 is 1.33 bits per heavy atom. The van der Waals surface area contributed by atoms with Crippen molar-refractivity contribution in [3.8, 4) is 11.8 Å². The number of aromatic amines is 1. The van der Waals surface area contributed by atoms with Crippen molar-refractivity contribution < 1.29 is 4.74 Å². The Labute approximate surface area is 173 Å². The Morgan fingerprint density at radius 2 is 2.17 bits per heavy atom. The molecule has 154 valence electrons. The van der Waals surface area contributed by atoms with Crippen molar-refractivity contribution in [2.45, 2.75) is 18.9 Å². The largest absolute Gasteiger partial charge is 0.379 e. The third-order valence-electron chi connectivity index (χ3n) is 6.28. The predicted molar refractivity (Wildman–Crippen MR) is 112 cm³/mol. The highest BCUT2D eigenvalue weighted by molar-refractivity contribution is 5.81. The second-order valence-corrected chi connectivity index (χ2v) is 8.04. The quantitative estimate of drug-likeness (QED) is 0.563. The number of nitrogens with two attached hydrogens (primary N) is 1. The van der Waals surface area contributed by atoms with Crippen molar-refractivity contribution in [1.82, 2.24) is 24.7 Å². The molecule has 30 heavy (non-hydrogen) atoms. The fourth-order valence-electron chi connectivity index (χ4n) is 4.33. The zero-order valence-electron chi connectivity index (χ0n) is 16.8. The lowest BCUT2D eigenvalue weighted by Gasteiger charge is -2.41. The van der Waals surface area contributed by atoms with Gasteiger partial charge in [-0.2, -0.15) is 10.1 Å². The second-order valence-electron chi connectivity index (χ2n) is 8.04. The van der Waals surface area contributed by atoms with Gasteiger partial charge < -0.3 is 15.4 Å². The summed E-state index contributed by atoms with van der Waals surface area (Å²) >= 11 is 0. The number of nitrogens with zero attached hydrogens (tertiary/aromatic N) is 5. The third kappa shape index (κ3) is 3.05. The summed E-state index contributed by atoms with van der Waals surface area (Å²) in [5.74, 6) is 6.61. The van der Waals surface area contributed by atoms with Crippen LogP contribution in [0.25, 0.3) is 11.0 Å². The summed E-state index contributed by atoms with van der Waals surface area (Å²) in [6, 6.07) is 3.75. The van der Waals surface area contributed by atoms with Crippen molar-refractivity contribution in [1.29, 1.82) is 0 Å². The molecule has 3 N–H and O–H groups in total. The highest BCUT2D eigenvalue weighted by Crippen LogP contribution is 2.39. The van der Waals surface area contributed by atoms with Gasteiger partial charge in [-0.1, -0.05) is 5.92 Å². The van der Waals surface area contributed by atoms with Crippen LogP contribution in [0.1, 0.15) is 24.1 Å². The molecule has 1 spiro atoms. The lowest BCUT2D eigenvalue weighted by atomic mass is 9.75. The molecule has 0 amide bonds. The molecule has 0 aromatic carbocycles. The van der Waals surface area contributed by atoms with Crippen molar-refractivity contribution in [3.05, 3.63) is 46.1 Å². The van der Waals surface area contributed by atoms with Crippen LogP contribution in [0.2, 0.25) is 0 Å². The maximum atomic E-state index is 13.1. The highest BCUT2D eigenvalue weighted by Gasteiger charge is 2.44. The van der Waals surface area contributed by atoms with Gasteiger partial charge in [0.05, 0.1) is 13.2 Å². The molecule has 0 unspecified atom stereocenters. The lowest BCUT2D eigenvalue weighted by Crippen LogP contribution is -2.50. The minimum atomic E-state index is -0.166. The van der Waals surface area contributed by atoms with E-state index in [1.54, 1.807) is 24.0 Å². The summed E-state index contributed by atoms with van der Waals surface area (Å²) in [4.78, 5) is 24.0. The second kappa shape index (κ2) is 7.23. The summed E-state index contributed by atoms with van der Waals surface area (Å²) in [7, 11) is 1.74. The van der Waals surface area contributed by atoms with E-state index < -0.39 is 0 Å². The third-order valence-corrected chi connectivity index (χ3v) is 6.28. The minimum absolute atomic E-state index is 0.0425. The smallest absolute Gasteiger partial charge is 0.267 e. The van der Waals surface area contributed by atoms with E-state index in [1.165, 1.54) is 0 Å². The Balaban J connectivity index is 1.45. The standard InChI is InChI=1S/C21H23N7O2/c1-27-19(29)17-15(5-4-14-3-2-8-23-11-14)25-26-18(17)24-20(27)28-9-6-21(7-10-28)13-30-12-16(21)22/h2-3,8,11,16H,6-7,9-10,12-13,22H2,1H3,(H,25,26)/t16-/m1/s1. The molecule has 9 heteroatoms. The van der Waals surface area contributed by atoms with Crippen molar-refractivity contribution in [2.75, 3.05) is 31.2 Å². The van der Waals surface area contributed by atoms with E-state index in [0.29, 0.717) is 35.9 Å². The van der Waals surface area contributed by atoms with Crippen LogP contribution in [0.15, 0.2) is 29.3 Å². The SMILES string of the molecule is Cn1c(N2CCC3(CC2)COC[C@H]3N)nc2n[nH]c(C#Cc3cccnc3)c2c1=O. The Hall–Kier alpha value is -3.22. The molecular weight excluding hydrogens is 382 g/mol. The average Bonchev–Trinajstić information content (AvgIpc) is 3.34. The van der Waals surface area contributed by atoms with E-state index in [1.807, 2.05) is 12.1 Å². The number of hydrogen-bond donors (Lipinski definition) is 2. The predicted octanol–water partition coefficient (Wildman–Crippen LogP) is 0.396. The van der Waals surface area contributed by atoms with E-state index in [4.69, 9.17) is 10.5 Å². The molecule has 0 saturated carbocycles. The molecule has 0 radical (unpaired) electrons. The van der Waals surface area contributed by atoms with E-state index in [2.05, 4.69) is 36.9 Å². The number of aromatic nitrogens is 5. The summed E-state index contributed by atoms with van der Waals surface area (Å²) in [6.07, 6.45) is 5.20. The van der Waals surface area contributed by atoms with Crippen LogP contribution in [0.3, 0.4) is 0 Å². The Kier molecular flexibility index (Phi) is 4.53. The molecule has 2 fully saturated rings. The van der Waals surface area contributed by atoms with E-state index >= 15 is 0 Å². The van der Waals surface area contributed by atoms with Crippen LogP contribution in [0, 0.1) is 17.3 Å². The topological polar surface area (TPSA) is 115 Å². The van der Waals surface area contributed by atoms with E-state index in [9.17, 15) is 4.79 Å². The lowest BCUT2D eigenvalue weighted by molar-refractivity contribution is 0.131. The van der Waals surface area contributed by atoms with Gasteiger partial charge in [-0.3, -0.25) is 19.4 Å². The number of anilines is 1. The molecule has 5 rings (SSSR count). The number of ether oxygens (including phenoxy) is 1. The molecular formula is C21H23N7O2. The summed E-state index contributed by atoms with van der Waals surface area (Å²) in [5, 5.41) is 7.49. The fourth-order valence-corrected chi connectivity index (χ4v) is 4.33. The van der Waals surface area contributed by atoms with E-state index in [0.717, 1.165) is 31.5 Å². The molecule has 2 saturated heterocycles. The van der Waals surface area contributed by atoms with Crippen LogP contribution in [0.5, 0.6) is 0 Å². The van der Waals surface area contributed by atoms with Crippen molar-refractivity contribution in [2.24, 2.45) is 18.2 Å². The van der Waals surface area contributed by atoms with Crippen LogP contribution in [-0.4, -0.2) is 57.1 Å². The number of H-pyrrole nitrogens is 1. The molecule has 1 atom stereocenters. The monoisotopic (exact) mass is 405 g/mol. The minimum Gasteiger partial charge on any atom is -0.379 e. The van der Waals surface area contributed by atoms with Gasteiger partial charge in [-0.15, -0.1) is 0 Å². The number of hydrogen-bond acceptors (Lipinski definition) is 7. The number of rotatable bonds is 1. The molecule has 2 aliphatic heterocycles. The van der Waals surface area contributed by atoms with Crippen molar-refractivity contribution in [3.63, 3.8) is 0 Å². The Bertz CT molecular complexity index is 1200. The van der Waals surface area contributed by atoms with Crippen molar-refractivity contribution >= 4 is 17.0 Å². The van der Waals surface area contributed by atoms with Gasteiger partial charge in [0.2, 0.25) is 5.95 Å². The van der Waals surface area contributed by atoms with Gasteiger partial charge in [0.1, 0.15) is 11.1 Å². The number of nitrogens with one attached hydrogen (secondary N) is 1. The molecule has 2 aliphatic rings. The van der Waals surface area contributed by atoms with Gasteiger partial charge in [-0.05, 0) is 30.9 Å². The van der Waals surface area contributed by atoms with Gasteiger partial charge in [0, 0.05) is 49.6 Å². The number of piperidine rings is 1. The summed E-state index contributed by atoms with van der Waals surface area (Å²) in [5.41, 5.74) is 7.76. The first-order valence-corrected chi connectivity index (χ1v) is 10.0. The first-order chi connectivity index (χ1) is 14.6. The zero-order valence-corrected chi connectivity index (χ0v) is 16.8. The zero-order chi connectivity index (χ0) is 20.7. The summed E-state index contributed by atoms with van der Waals surface area (Å²) in [6.45, 7) is 2.90. The first kappa shape index (κ1) is 18.8. The van der Waals surface area contributed by atoms with Gasteiger partial charge in [-0.25, -0.2) is 0 Å². The molecule has 9 nitrogen and oxygen atoms in total. The molecule has 5 heterocycles. The maximum Gasteiger partial charge on any atom is 0.267 e. The van der Waals surface area contributed by atoms with E-state index in [-0.39, 0.29) is 17.0 Å². The van der Waals surface area contributed by atoms with Crippen LogP contribution in [-0.2, 0) is 11.8 Å². The highest BCUT2D eigenvalue weighted by atomic mass is 16.5. The fraction of sp³-hybridized carbons (Fsp3) is 0.429. The van der Waals surface area contributed by atoms with Crippen LogP contribution in [0.4, 0.5) is 5.95 Å². The van der Waals surface area contributed by atoms with Gasteiger partial charge in [0.15, 0.2) is 5.65 Å². The average molecular weight is 405 g/mol. The maximum absolute atomic E-state index is 13.1. The number of fused-ring (bicyclic) bond motifs is 1. The van der Waals surface area contributed by atoms with Crippen LogP contribution >= 0.6 is 0 Å². The van der Waals surface area contributed by atoms with Gasteiger partial charge in [0.25, 0.3) is 5.56 Å². The van der Waals surface area contributed by atoms with Gasteiger partial charge >= 0.3 is 0 Å². The summed E-state index contributed by atoms with van der Waals surface area (Å²) < 4.78 is 7.18. The Morgan fingerprint density at radius 3 is 2.87 bits per heavy atom. The first-order valence-electron chi connectivity index (χ1n) is 10.0. The number of pyridine rings is 1.